The number of alkyl halides is 6. The smallest absolute Gasteiger partial charge is 0.421 e. The van der Waals surface area contributed by atoms with Gasteiger partial charge in [0.15, 0.2) is 27.1 Å². The van der Waals surface area contributed by atoms with Gasteiger partial charge in [-0.25, -0.2) is 16.8 Å². The summed E-state index contributed by atoms with van der Waals surface area (Å²) in [4.78, 5) is 0. The third-order valence-electron chi connectivity index (χ3n) is 1.98. The minimum Gasteiger partial charge on any atom is -0.421 e. The maximum Gasteiger partial charge on any atom is 0.480 e. The van der Waals surface area contributed by atoms with Crippen LogP contribution in [0.3, 0.4) is 0 Å². The summed E-state index contributed by atoms with van der Waals surface area (Å²) < 4.78 is 116. The van der Waals surface area contributed by atoms with Crippen LogP contribution in [0.15, 0.2) is 0 Å². The molecule has 0 aliphatic carbocycles. The van der Waals surface area contributed by atoms with Gasteiger partial charge < -0.3 is 8.86 Å². The van der Waals surface area contributed by atoms with Crippen molar-refractivity contribution in [3.63, 3.8) is 0 Å². The van der Waals surface area contributed by atoms with Crippen molar-refractivity contribution >= 4 is 25.9 Å². The normalized spacial score (nSPS) is 19.6. The highest BCUT2D eigenvalue weighted by Crippen LogP contribution is 2.36. The first-order valence-electron chi connectivity index (χ1n) is 5.27. The molecule has 0 saturated carbocycles. The number of hydrogen-bond acceptors (Lipinski definition) is 6. The number of hydrogen-bond donors (Lipinski definition) is 1. The quantitative estimate of drug-likeness (QED) is 0.552. The number of hydrazone groups is 1. The largest absolute Gasteiger partial charge is 0.480 e. The predicted octanol–water partition coefficient (Wildman–Crippen LogP) is 0.987. The zero-order valence-electron chi connectivity index (χ0n) is 11.6. The zero-order chi connectivity index (χ0) is 18.9. The van der Waals surface area contributed by atoms with Crippen LogP contribution >= 0.6 is 0 Å². The molecule has 1 heterocycles. The molecule has 1 aliphatic rings. The van der Waals surface area contributed by atoms with Crippen molar-refractivity contribution in [1.82, 2.24) is 5.43 Å². The van der Waals surface area contributed by atoms with Crippen LogP contribution in [0.5, 0.6) is 0 Å². The van der Waals surface area contributed by atoms with E-state index in [0.29, 0.717) is 0 Å². The number of nitrogens with zero attached hydrogens (tertiary/aromatic N) is 2. The van der Waals surface area contributed by atoms with E-state index in [1.165, 1.54) is 0 Å². The van der Waals surface area contributed by atoms with E-state index < -0.39 is 31.1 Å². The van der Waals surface area contributed by atoms with E-state index in [-0.39, 0.29) is 6.23 Å². The highest BCUT2D eigenvalue weighted by Gasteiger charge is 2.46. The maximum atomic E-state index is 11.4. The van der Waals surface area contributed by atoms with E-state index in [1.807, 2.05) is 25.6 Å². The van der Waals surface area contributed by atoms with Gasteiger partial charge in [0, 0.05) is 0 Å². The summed E-state index contributed by atoms with van der Waals surface area (Å²) in [7, 11) is -11.5. The second-order valence-corrected chi connectivity index (χ2v) is 7.31. The second-order valence-electron chi connectivity index (χ2n) is 3.88. The number of sulfonamides is 2. The third kappa shape index (κ3) is 6.02. The van der Waals surface area contributed by atoms with Crippen molar-refractivity contribution in [2.24, 2.45) is 0 Å². The summed E-state index contributed by atoms with van der Waals surface area (Å²) in [5.74, 6) is 0.928. The van der Waals surface area contributed by atoms with Gasteiger partial charge in [-0.05, 0) is 6.92 Å². The summed E-state index contributed by atoms with van der Waals surface area (Å²) in [6, 6.07) is 0. The maximum absolute atomic E-state index is 11.4. The lowest BCUT2D eigenvalue weighted by Crippen LogP contribution is -2.30. The van der Waals surface area contributed by atoms with Crippen molar-refractivity contribution in [3.8, 4) is 0 Å². The molecule has 0 bridgehead atoms. The van der Waals surface area contributed by atoms with Crippen molar-refractivity contribution in [2.75, 3.05) is 7.05 Å². The van der Waals surface area contributed by atoms with Crippen LogP contribution in [0.1, 0.15) is 13.8 Å². The molecule has 0 fully saturated rings. The summed E-state index contributed by atoms with van der Waals surface area (Å²) in [5, 5.41) is 0. The van der Waals surface area contributed by atoms with Crippen molar-refractivity contribution in [3.05, 3.63) is 4.13 Å². The van der Waals surface area contributed by atoms with E-state index in [0.717, 1.165) is 10.0 Å². The van der Waals surface area contributed by atoms with Crippen LogP contribution in [0.2, 0.25) is 0 Å². The monoisotopic (exact) mass is 395 g/mol. The van der Waals surface area contributed by atoms with Gasteiger partial charge in [-0.15, -0.1) is 0 Å². The topological polar surface area (TPSA) is 107 Å². The molecule has 0 aromatic heterocycles. The minimum atomic E-state index is -6.72. The Morgan fingerprint density at radius 2 is 1.39 bits per heavy atom. The number of halogens is 6. The molecular formula is C7H11F6N3O5S2. The Kier molecular flexibility index (Phi) is 6.30. The molecule has 23 heavy (non-hydrogen) atoms. The molecule has 0 saturated heterocycles. The van der Waals surface area contributed by atoms with Gasteiger partial charge in [0.05, 0.1) is 6.92 Å². The molecule has 1 unspecified atom stereocenters. The van der Waals surface area contributed by atoms with E-state index in [4.69, 9.17) is 4.74 Å². The first-order chi connectivity index (χ1) is 9.91. The first-order valence-corrected chi connectivity index (χ1v) is 8.15. The van der Waals surface area contributed by atoms with Crippen molar-refractivity contribution in [1.29, 1.82) is 0 Å². The SMILES string of the molecule is CC1=[N+](C)NC(C)O1.O=S(=O)([N-]S(=O)(=O)C(F)(F)F)C(F)(F)F. The molecule has 1 atom stereocenters. The predicted molar refractivity (Wildman–Crippen MR) is 63.9 cm³/mol. The summed E-state index contributed by atoms with van der Waals surface area (Å²) in [6.45, 7) is 3.89. The number of rotatable bonds is 2. The lowest BCUT2D eigenvalue weighted by Gasteiger charge is -2.22. The Balaban J connectivity index is 0.000000502. The molecule has 0 spiro atoms. The Labute approximate surface area is 127 Å². The lowest BCUT2D eigenvalue weighted by molar-refractivity contribution is -0.555. The molecule has 138 valence electrons. The highest BCUT2D eigenvalue weighted by molar-refractivity contribution is 8.13. The van der Waals surface area contributed by atoms with Gasteiger partial charge in [0.25, 0.3) is 0 Å². The fourth-order valence-corrected chi connectivity index (χ4v) is 2.65. The fourth-order valence-electron chi connectivity index (χ4n) is 0.939. The fraction of sp³-hybridized carbons (Fsp3) is 0.857. The summed E-state index contributed by atoms with van der Waals surface area (Å²) >= 11 is 0. The lowest BCUT2D eigenvalue weighted by atomic mass is 10.7. The Bertz CT molecular complexity index is 610. The molecule has 0 aromatic carbocycles. The molecular weight excluding hydrogens is 384 g/mol. The van der Waals surface area contributed by atoms with E-state index >= 15 is 0 Å². The van der Waals surface area contributed by atoms with Gasteiger partial charge in [0.2, 0.25) is 6.23 Å². The van der Waals surface area contributed by atoms with Crippen LogP contribution in [-0.2, 0) is 24.8 Å². The molecule has 1 N–H and O–H groups in total. The molecule has 8 nitrogen and oxygen atoms in total. The van der Waals surface area contributed by atoms with E-state index in [2.05, 4.69) is 5.43 Å². The van der Waals surface area contributed by atoms with Crippen molar-refractivity contribution < 1.29 is 52.6 Å². The summed E-state index contributed by atoms with van der Waals surface area (Å²) in [5.41, 5.74) is -9.37. The Morgan fingerprint density at radius 3 is 1.52 bits per heavy atom. The van der Waals surface area contributed by atoms with Crippen LogP contribution in [0, 0.1) is 0 Å². The molecule has 0 amide bonds. The highest BCUT2D eigenvalue weighted by atomic mass is 32.3. The van der Waals surface area contributed by atoms with E-state index in [1.54, 1.807) is 0 Å². The Morgan fingerprint density at radius 1 is 1.04 bits per heavy atom. The number of ether oxygens (including phenoxy) is 1. The van der Waals surface area contributed by atoms with Gasteiger partial charge in [-0.1, -0.05) is 4.68 Å². The molecule has 16 heteroatoms. The van der Waals surface area contributed by atoms with Gasteiger partial charge >= 0.3 is 16.9 Å². The third-order valence-corrected chi connectivity index (χ3v) is 4.72. The zero-order valence-corrected chi connectivity index (χ0v) is 13.2. The van der Waals surface area contributed by atoms with Crippen LogP contribution < -0.4 is 5.43 Å². The van der Waals surface area contributed by atoms with Gasteiger partial charge in [0.1, 0.15) is 0 Å². The average molecular weight is 395 g/mol. The molecule has 1 rings (SSSR count). The van der Waals surface area contributed by atoms with Crippen molar-refractivity contribution in [2.45, 2.75) is 31.1 Å². The molecule has 0 aromatic rings. The first kappa shape index (κ1) is 21.7. The average Bonchev–Trinajstić information content (AvgIpc) is 2.51. The van der Waals surface area contributed by atoms with Crippen LogP contribution in [0.25, 0.3) is 4.13 Å². The van der Waals surface area contributed by atoms with Crippen LogP contribution in [-0.4, -0.2) is 51.7 Å². The van der Waals surface area contributed by atoms with E-state index in [9.17, 15) is 43.2 Å². The minimum absolute atomic E-state index is 0.139. The standard InChI is InChI=1S/C5H11N2O.C2F6NO4S2/c1-4-6-7(3)5(2)8-4;3-1(4,5)14(10,11)9-15(12,13)2(6,7)8/h4,6H,1-3H3;/q+1;-1. The Hall–Kier alpha value is -1.29. The number of nitrogens with one attached hydrogen (secondary N) is 1. The van der Waals surface area contributed by atoms with Gasteiger partial charge in [-0.3, -0.25) is 0 Å². The van der Waals surface area contributed by atoms with Gasteiger partial charge in [-0.2, -0.15) is 31.8 Å². The number of hydrazine groups is 1. The van der Waals surface area contributed by atoms with Crippen LogP contribution in [0.4, 0.5) is 26.3 Å². The summed E-state index contributed by atoms with van der Waals surface area (Å²) in [6.07, 6.45) is 0.139. The molecule has 0 radical (unpaired) electrons. The second kappa shape index (κ2) is 6.68. The molecule has 1 aliphatic heterocycles.